The van der Waals surface area contributed by atoms with Crippen molar-refractivity contribution in [2.75, 3.05) is 26.2 Å². The molecule has 0 radical (unpaired) electrons. The van der Waals surface area contributed by atoms with Crippen LogP contribution in [0.15, 0.2) is 0 Å². The van der Waals surface area contributed by atoms with Crippen LogP contribution in [-0.4, -0.2) is 55.2 Å². The van der Waals surface area contributed by atoms with Gasteiger partial charge in [-0.1, -0.05) is 0 Å². The molecule has 2 rings (SSSR count). The van der Waals surface area contributed by atoms with E-state index in [1.54, 1.807) is 6.92 Å². The molecule has 0 saturated carbocycles. The number of fused-ring (bicyclic) bond motifs is 1. The zero-order valence-electron chi connectivity index (χ0n) is 8.40. The second-order valence-corrected chi connectivity index (χ2v) is 3.96. The second-order valence-electron chi connectivity index (χ2n) is 3.96. The number of nitrogens with one attached hydrogen (secondary N) is 1. The Labute approximate surface area is 83.6 Å². The van der Waals surface area contributed by atoms with Gasteiger partial charge in [0.1, 0.15) is 0 Å². The molecule has 0 spiro atoms. The van der Waals surface area contributed by atoms with Gasteiger partial charge in [-0.2, -0.15) is 0 Å². The van der Waals surface area contributed by atoms with Crippen LogP contribution in [0.2, 0.25) is 0 Å². The first-order chi connectivity index (χ1) is 6.70. The zero-order chi connectivity index (χ0) is 10.1. The number of amides is 1. The van der Waals surface area contributed by atoms with Crippen LogP contribution in [0.3, 0.4) is 0 Å². The van der Waals surface area contributed by atoms with Gasteiger partial charge >= 0.3 is 0 Å². The molecule has 5 heteroatoms. The first kappa shape index (κ1) is 9.89. The van der Waals surface area contributed by atoms with Crippen molar-refractivity contribution >= 4 is 5.91 Å². The fraction of sp³-hybridized carbons (Fsp3) is 0.889. The Morgan fingerprint density at radius 3 is 3.14 bits per heavy atom. The summed E-state index contributed by atoms with van der Waals surface area (Å²) in [6.45, 7) is 4.69. The molecule has 3 atom stereocenters. The van der Waals surface area contributed by atoms with Gasteiger partial charge in [-0.15, -0.1) is 0 Å². The summed E-state index contributed by atoms with van der Waals surface area (Å²) in [6.07, 6.45) is 0.159. The highest BCUT2D eigenvalue weighted by molar-refractivity contribution is 5.81. The summed E-state index contributed by atoms with van der Waals surface area (Å²) in [5, 5.41) is 3.23. The number of carbonyl (C=O) groups is 1. The van der Waals surface area contributed by atoms with Crippen molar-refractivity contribution in [1.29, 1.82) is 0 Å². The van der Waals surface area contributed by atoms with Crippen LogP contribution in [0.5, 0.6) is 0 Å². The van der Waals surface area contributed by atoms with Gasteiger partial charge in [-0.3, -0.25) is 4.79 Å². The highest BCUT2D eigenvalue weighted by atomic mass is 16.5. The molecule has 2 aliphatic heterocycles. The standard InChI is InChI=1S/C9H17N3O2/c1-6(10)9(13)12-2-3-14-8-5-11-4-7(8)12/h6-8,11H,2-5,10H2,1H3/t6-,7?,8?/m0/s1. The number of nitrogens with two attached hydrogens (primary N) is 1. The number of hydrogen-bond acceptors (Lipinski definition) is 4. The van der Waals surface area contributed by atoms with Gasteiger partial charge in [0.15, 0.2) is 0 Å². The Balaban J connectivity index is 2.06. The lowest BCUT2D eigenvalue weighted by Crippen LogP contribution is -2.56. The summed E-state index contributed by atoms with van der Waals surface area (Å²) in [6, 6.07) is -0.225. The monoisotopic (exact) mass is 199 g/mol. The second kappa shape index (κ2) is 3.84. The summed E-state index contributed by atoms with van der Waals surface area (Å²) in [4.78, 5) is 13.6. The van der Waals surface area contributed by atoms with Crippen LogP contribution < -0.4 is 11.1 Å². The maximum Gasteiger partial charge on any atom is 0.239 e. The topological polar surface area (TPSA) is 67.6 Å². The molecule has 2 aliphatic rings. The SMILES string of the molecule is C[C@H](N)C(=O)N1CCOC2CNCC21. The molecule has 3 N–H and O–H groups in total. The van der Waals surface area contributed by atoms with Gasteiger partial charge < -0.3 is 20.7 Å². The Morgan fingerprint density at radius 2 is 2.43 bits per heavy atom. The molecule has 1 amide bonds. The normalized spacial score (nSPS) is 34.0. The molecule has 2 heterocycles. The van der Waals surface area contributed by atoms with Crippen LogP contribution in [0, 0.1) is 0 Å². The number of ether oxygens (including phenoxy) is 1. The minimum Gasteiger partial charge on any atom is -0.373 e. The van der Waals surface area contributed by atoms with Crippen molar-refractivity contribution in [2.24, 2.45) is 5.73 Å². The lowest BCUT2D eigenvalue weighted by atomic mass is 10.1. The van der Waals surface area contributed by atoms with Crippen molar-refractivity contribution in [2.45, 2.75) is 25.1 Å². The maximum absolute atomic E-state index is 11.8. The minimum absolute atomic E-state index is 0.0343. The largest absolute Gasteiger partial charge is 0.373 e. The molecule has 5 nitrogen and oxygen atoms in total. The summed E-state index contributed by atoms with van der Waals surface area (Å²) in [7, 11) is 0. The molecule has 0 bridgehead atoms. The van der Waals surface area contributed by atoms with Gasteiger partial charge in [0.05, 0.1) is 24.8 Å². The maximum atomic E-state index is 11.8. The molecule has 2 fully saturated rings. The fourth-order valence-electron chi connectivity index (χ4n) is 2.13. The van der Waals surface area contributed by atoms with Crippen LogP contribution >= 0.6 is 0 Å². The number of morpholine rings is 1. The van der Waals surface area contributed by atoms with Gasteiger partial charge in [0.2, 0.25) is 5.91 Å². The van der Waals surface area contributed by atoms with Crippen molar-refractivity contribution in [1.82, 2.24) is 10.2 Å². The van der Waals surface area contributed by atoms with Crippen LogP contribution in [0.1, 0.15) is 6.92 Å². The van der Waals surface area contributed by atoms with E-state index in [2.05, 4.69) is 5.32 Å². The van der Waals surface area contributed by atoms with Gasteiger partial charge in [0.25, 0.3) is 0 Å². The molecule has 80 valence electrons. The van der Waals surface area contributed by atoms with E-state index < -0.39 is 6.04 Å². The van der Waals surface area contributed by atoms with Crippen LogP contribution in [0.25, 0.3) is 0 Å². The minimum atomic E-state index is -0.408. The lowest BCUT2D eigenvalue weighted by Gasteiger charge is -2.37. The average molecular weight is 199 g/mol. The third kappa shape index (κ3) is 1.63. The van der Waals surface area contributed by atoms with Gasteiger partial charge in [-0.05, 0) is 6.92 Å². The summed E-state index contributed by atoms with van der Waals surface area (Å²) in [5.74, 6) is 0.0343. The molecule has 0 aromatic carbocycles. The van der Waals surface area contributed by atoms with Crippen molar-refractivity contribution < 1.29 is 9.53 Å². The number of hydrogen-bond donors (Lipinski definition) is 2. The molecule has 2 saturated heterocycles. The van der Waals surface area contributed by atoms with Crippen LogP contribution in [-0.2, 0) is 9.53 Å². The molecule has 0 aromatic heterocycles. The van der Waals surface area contributed by atoms with Crippen LogP contribution in [0.4, 0.5) is 0 Å². The molecule has 14 heavy (non-hydrogen) atoms. The van der Waals surface area contributed by atoms with E-state index in [1.807, 2.05) is 4.90 Å². The highest BCUT2D eigenvalue weighted by Gasteiger charge is 2.38. The Hall–Kier alpha value is -0.650. The van der Waals surface area contributed by atoms with E-state index >= 15 is 0 Å². The van der Waals surface area contributed by atoms with Crippen molar-refractivity contribution in [3.63, 3.8) is 0 Å². The zero-order valence-corrected chi connectivity index (χ0v) is 8.40. The number of carbonyl (C=O) groups excluding carboxylic acids is 1. The lowest BCUT2D eigenvalue weighted by molar-refractivity contribution is -0.143. The van der Waals surface area contributed by atoms with Gasteiger partial charge in [-0.25, -0.2) is 0 Å². The quantitative estimate of drug-likeness (QED) is 0.541. The highest BCUT2D eigenvalue weighted by Crippen LogP contribution is 2.17. The third-order valence-electron chi connectivity index (χ3n) is 2.87. The third-order valence-corrected chi connectivity index (χ3v) is 2.87. The molecular formula is C9H17N3O2. The van der Waals surface area contributed by atoms with E-state index in [1.165, 1.54) is 0 Å². The first-order valence-electron chi connectivity index (χ1n) is 5.08. The summed E-state index contributed by atoms with van der Waals surface area (Å²) < 4.78 is 5.56. The number of rotatable bonds is 1. The number of nitrogens with zero attached hydrogens (tertiary/aromatic N) is 1. The molecule has 0 aliphatic carbocycles. The molecule has 0 aromatic rings. The fourth-order valence-corrected chi connectivity index (χ4v) is 2.13. The van der Waals surface area contributed by atoms with E-state index in [4.69, 9.17) is 10.5 Å². The molecular weight excluding hydrogens is 182 g/mol. The molecule has 2 unspecified atom stereocenters. The Kier molecular flexibility index (Phi) is 2.71. The average Bonchev–Trinajstić information content (AvgIpc) is 2.63. The van der Waals surface area contributed by atoms with Gasteiger partial charge in [0, 0.05) is 19.6 Å². The van der Waals surface area contributed by atoms with Crippen molar-refractivity contribution in [3.05, 3.63) is 0 Å². The predicted molar refractivity (Wildman–Crippen MR) is 51.8 cm³/mol. The smallest absolute Gasteiger partial charge is 0.239 e. The van der Waals surface area contributed by atoms with Crippen molar-refractivity contribution in [3.8, 4) is 0 Å². The Morgan fingerprint density at radius 1 is 1.64 bits per heavy atom. The summed E-state index contributed by atoms with van der Waals surface area (Å²) >= 11 is 0. The predicted octanol–water partition coefficient (Wildman–Crippen LogP) is -1.47. The Bertz CT molecular complexity index is 232. The van der Waals surface area contributed by atoms with E-state index in [0.29, 0.717) is 13.2 Å². The summed E-state index contributed by atoms with van der Waals surface area (Å²) in [5.41, 5.74) is 5.60. The first-order valence-corrected chi connectivity index (χ1v) is 5.08. The van der Waals surface area contributed by atoms with E-state index in [-0.39, 0.29) is 18.1 Å². The van der Waals surface area contributed by atoms with E-state index in [0.717, 1.165) is 13.1 Å². The van der Waals surface area contributed by atoms with E-state index in [9.17, 15) is 4.79 Å².